The monoisotopic (exact) mass is 340 g/mol. The van der Waals surface area contributed by atoms with Gasteiger partial charge in [0.1, 0.15) is 0 Å². The predicted molar refractivity (Wildman–Crippen MR) is 91.8 cm³/mol. The van der Waals surface area contributed by atoms with Gasteiger partial charge in [-0.2, -0.15) is 0 Å². The molecular formula is C18H29BrO. The molecule has 1 rings (SSSR count). The van der Waals surface area contributed by atoms with E-state index in [2.05, 4.69) is 67.9 Å². The molecule has 1 nitrogen and oxygen atoms in total. The third kappa shape index (κ3) is 5.21. The van der Waals surface area contributed by atoms with Gasteiger partial charge in [0, 0.05) is 11.9 Å². The molecule has 0 bridgehead atoms. The fourth-order valence-corrected chi connectivity index (χ4v) is 2.73. The van der Waals surface area contributed by atoms with E-state index in [4.69, 9.17) is 4.74 Å². The average Bonchev–Trinajstić information content (AvgIpc) is 2.47. The lowest BCUT2D eigenvalue weighted by atomic mass is 9.94. The van der Waals surface area contributed by atoms with Crippen LogP contribution in [0.25, 0.3) is 0 Å². The Morgan fingerprint density at radius 1 is 1.10 bits per heavy atom. The zero-order chi connectivity index (χ0) is 15.0. The Morgan fingerprint density at radius 2 is 1.75 bits per heavy atom. The first-order valence-electron chi connectivity index (χ1n) is 7.84. The summed E-state index contributed by atoms with van der Waals surface area (Å²) in [4.78, 5) is 0. The summed E-state index contributed by atoms with van der Waals surface area (Å²) in [5.74, 6) is 0.578. The lowest BCUT2D eigenvalue weighted by Crippen LogP contribution is -2.28. The molecule has 0 amide bonds. The van der Waals surface area contributed by atoms with Gasteiger partial charge in [0.15, 0.2) is 0 Å². The molecule has 1 unspecified atom stereocenters. The van der Waals surface area contributed by atoms with Crippen molar-refractivity contribution >= 4 is 15.9 Å². The molecular weight excluding hydrogens is 312 g/mol. The highest BCUT2D eigenvalue weighted by Crippen LogP contribution is 2.29. The van der Waals surface area contributed by atoms with Gasteiger partial charge in [-0.05, 0) is 30.4 Å². The fraction of sp³-hybridized carbons (Fsp3) is 0.667. The number of hydrogen-bond acceptors (Lipinski definition) is 1. The van der Waals surface area contributed by atoms with E-state index in [1.165, 1.54) is 30.4 Å². The Kier molecular flexibility index (Phi) is 7.83. The number of rotatable bonds is 9. The quantitative estimate of drug-likeness (QED) is 0.394. The second-order valence-corrected chi connectivity index (χ2v) is 6.61. The van der Waals surface area contributed by atoms with Crippen molar-refractivity contribution in [1.29, 1.82) is 0 Å². The molecule has 1 aromatic carbocycles. The van der Waals surface area contributed by atoms with Crippen LogP contribution in [0, 0.1) is 0 Å². The van der Waals surface area contributed by atoms with Crippen LogP contribution in [0.15, 0.2) is 24.3 Å². The van der Waals surface area contributed by atoms with Gasteiger partial charge < -0.3 is 4.74 Å². The van der Waals surface area contributed by atoms with Gasteiger partial charge >= 0.3 is 0 Å². The van der Waals surface area contributed by atoms with E-state index in [1.54, 1.807) is 0 Å². The Bertz CT molecular complexity index is 372. The van der Waals surface area contributed by atoms with E-state index in [-0.39, 0.29) is 5.60 Å². The molecule has 20 heavy (non-hydrogen) atoms. The molecule has 0 spiro atoms. The summed E-state index contributed by atoms with van der Waals surface area (Å²) >= 11 is 3.61. The molecule has 0 aliphatic carbocycles. The van der Waals surface area contributed by atoms with Gasteiger partial charge in [0.05, 0.1) is 5.60 Å². The smallest absolute Gasteiger partial charge is 0.0999 e. The van der Waals surface area contributed by atoms with Gasteiger partial charge in [0.25, 0.3) is 0 Å². The minimum atomic E-state index is -0.221. The Hall–Kier alpha value is -0.340. The SMILES string of the molecule is CCCCCCOC(C)(CBr)c1ccc(C(C)C)cc1. The van der Waals surface area contributed by atoms with E-state index in [1.807, 2.05) is 0 Å². The molecule has 1 aromatic rings. The molecule has 0 saturated heterocycles. The molecule has 0 radical (unpaired) electrons. The highest BCUT2D eigenvalue weighted by molar-refractivity contribution is 9.09. The molecule has 0 aliphatic rings. The molecule has 1 atom stereocenters. The van der Waals surface area contributed by atoms with Gasteiger partial charge in [-0.15, -0.1) is 0 Å². The normalized spacial score (nSPS) is 14.5. The summed E-state index contributed by atoms with van der Waals surface area (Å²) in [6.45, 7) is 9.70. The lowest BCUT2D eigenvalue weighted by Gasteiger charge is -2.29. The van der Waals surface area contributed by atoms with Crippen molar-refractivity contribution < 1.29 is 4.74 Å². The van der Waals surface area contributed by atoms with Gasteiger partial charge in [0.2, 0.25) is 0 Å². The lowest BCUT2D eigenvalue weighted by molar-refractivity contribution is -0.0186. The zero-order valence-corrected chi connectivity index (χ0v) is 15.0. The molecule has 0 saturated carbocycles. The second kappa shape index (κ2) is 8.84. The molecule has 0 aliphatic heterocycles. The zero-order valence-electron chi connectivity index (χ0n) is 13.4. The molecule has 0 heterocycles. The van der Waals surface area contributed by atoms with Crippen LogP contribution in [0.2, 0.25) is 0 Å². The van der Waals surface area contributed by atoms with Crippen molar-refractivity contribution in [2.75, 3.05) is 11.9 Å². The third-order valence-corrected chi connectivity index (χ3v) is 4.93. The summed E-state index contributed by atoms with van der Waals surface area (Å²) in [5.41, 5.74) is 2.42. The van der Waals surface area contributed by atoms with E-state index in [0.29, 0.717) is 5.92 Å². The van der Waals surface area contributed by atoms with Gasteiger partial charge in [-0.1, -0.05) is 80.2 Å². The van der Waals surface area contributed by atoms with Crippen molar-refractivity contribution in [2.45, 2.75) is 64.9 Å². The van der Waals surface area contributed by atoms with Crippen molar-refractivity contribution in [3.05, 3.63) is 35.4 Å². The summed E-state index contributed by atoms with van der Waals surface area (Å²) in [7, 11) is 0. The highest BCUT2D eigenvalue weighted by atomic mass is 79.9. The highest BCUT2D eigenvalue weighted by Gasteiger charge is 2.26. The molecule has 0 aromatic heterocycles. The summed E-state index contributed by atoms with van der Waals surface area (Å²) < 4.78 is 6.16. The second-order valence-electron chi connectivity index (χ2n) is 6.05. The minimum absolute atomic E-state index is 0.221. The maximum Gasteiger partial charge on any atom is 0.0999 e. The minimum Gasteiger partial charge on any atom is -0.370 e. The largest absolute Gasteiger partial charge is 0.370 e. The number of benzene rings is 1. The predicted octanol–water partition coefficient (Wildman–Crippen LogP) is 6.02. The molecule has 2 heteroatoms. The first kappa shape index (κ1) is 17.7. The van der Waals surface area contributed by atoms with E-state index < -0.39 is 0 Å². The van der Waals surface area contributed by atoms with Crippen molar-refractivity contribution in [2.24, 2.45) is 0 Å². The van der Waals surface area contributed by atoms with Crippen LogP contribution in [0.3, 0.4) is 0 Å². The average molecular weight is 341 g/mol. The van der Waals surface area contributed by atoms with Crippen LogP contribution >= 0.6 is 15.9 Å². The maximum atomic E-state index is 6.16. The summed E-state index contributed by atoms with van der Waals surface area (Å²) in [5, 5.41) is 0.828. The van der Waals surface area contributed by atoms with Crippen LogP contribution in [-0.2, 0) is 10.3 Å². The number of unbranched alkanes of at least 4 members (excludes halogenated alkanes) is 3. The molecule has 0 fully saturated rings. The van der Waals surface area contributed by atoms with Crippen LogP contribution in [0.5, 0.6) is 0 Å². The van der Waals surface area contributed by atoms with E-state index in [0.717, 1.165) is 18.4 Å². The number of alkyl halides is 1. The van der Waals surface area contributed by atoms with Gasteiger partial charge in [-0.3, -0.25) is 0 Å². The number of halogens is 1. The Balaban J connectivity index is 2.62. The summed E-state index contributed by atoms with van der Waals surface area (Å²) in [6, 6.07) is 8.87. The maximum absolute atomic E-state index is 6.16. The van der Waals surface area contributed by atoms with E-state index in [9.17, 15) is 0 Å². The first-order chi connectivity index (χ1) is 9.53. The number of hydrogen-bond donors (Lipinski definition) is 0. The van der Waals surface area contributed by atoms with Crippen LogP contribution in [-0.4, -0.2) is 11.9 Å². The van der Waals surface area contributed by atoms with Crippen LogP contribution in [0.1, 0.15) is 70.4 Å². The molecule has 0 N–H and O–H groups in total. The first-order valence-corrected chi connectivity index (χ1v) is 8.96. The fourth-order valence-electron chi connectivity index (χ4n) is 2.25. The van der Waals surface area contributed by atoms with Crippen molar-refractivity contribution in [1.82, 2.24) is 0 Å². The van der Waals surface area contributed by atoms with Crippen LogP contribution in [0.4, 0.5) is 0 Å². The van der Waals surface area contributed by atoms with Crippen LogP contribution < -0.4 is 0 Å². The molecule has 114 valence electrons. The topological polar surface area (TPSA) is 9.23 Å². The number of ether oxygens (including phenoxy) is 1. The van der Waals surface area contributed by atoms with Crippen molar-refractivity contribution in [3.63, 3.8) is 0 Å². The van der Waals surface area contributed by atoms with Crippen molar-refractivity contribution in [3.8, 4) is 0 Å². The van der Waals surface area contributed by atoms with E-state index >= 15 is 0 Å². The Morgan fingerprint density at radius 3 is 2.25 bits per heavy atom. The Labute approximate surface area is 133 Å². The standard InChI is InChI=1S/C18H29BrO/c1-5-6-7-8-13-20-18(4,14-19)17-11-9-16(10-12-17)15(2)3/h9-12,15H,5-8,13-14H2,1-4H3. The summed E-state index contributed by atoms with van der Waals surface area (Å²) in [6.07, 6.45) is 4.99. The van der Waals surface area contributed by atoms with Gasteiger partial charge in [-0.25, -0.2) is 0 Å². The third-order valence-electron chi connectivity index (χ3n) is 3.86.